The van der Waals surface area contributed by atoms with Crippen molar-refractivity contribution >= 4 is 57.8 Å². The molecule has 1 aromatic rings. The zero-order valence-corrected chi connectivity index (χ0v) is 22.3. The van der Waals surface area contributed by atoms with Crippen LogP contribution >= 0.6 is 35.7 Å². The average Bonchev–Trinajstić information content (AvgIpc) is 2.75. The summed E-state index contributed by atoms with van der Waals surface area (Å²) in [6, 6.07) is 6.72. The lowest BCUT2D eigenvalue weighted by Crippen LogP contribution is -2.32. The molecular weight excluding hydrogens is 459 g/mol. The van der Waals surface area contributed by atoms with Crippen molar-refractivity contribution in [2.45, 2.75) is 96.3 Å². The van der Waals surface area contributed by atoms with E-state index >= 15 is 0 Å². The van der Waals surface area contributed by atoms with Crippen LogP contribution in [0, 0.1) is 0 Å². The zero-order chi connectivity index (χ0) is 23.8. The number of benzene rings is 1. The zero-order valence-electron chi connectivity index (χ0n) is 19.8. The topological polar surface area (TPSA) is 66.8 Å². The van der Waals surface area contributed by atoms with Crippen molar-refractivity contribution < 1.29 is 19.6 Å². The standard InChI is InChI=1S/C24H39BO4S3/c1-4-5-6-7-8-9-10-11-12-13-17-31-23(30)32-24(2,3)22(26)29-19-20-15-14-16-21(18-20)25(27)28/h14-16,18,27-28H,4-13,17,19H2,1-3H3. The van der Waals surface area contributed by atoms with Gasteiger partial charge in [0, 0.05) is 0 Å². The quantitative estimate of drug-likeness (QED) is 0.128. The average molecular weight is 499 g/mol. The minimum Gasteiger partial charge on any atom is -0.460 e. The lowest BCUT2D eigenvalue weighted by molar-refractivity contribution is -0.146. The number of hydrogen-bond acceptors (Lipinski definition) is 7. The molecule has 180 valence electrons. The van der Waals surface area contributed by atoms with Crippen LogP contribution < -0.4 is 5.46 Å². The van der Waals surface area contributed by atoms with Crippen molar-refractivity contribution in [3.8, 4) is 0 Å². The van der Waals surface area contributed by atoms with E-state index in [-0.39, 0.29) is 12.6 Å². The summed E-state index contributed by atoms with van der Waals surface area (Å²) in [5, 5.41) is 18.5. The monoisotopic (exact) mass is 498 g/mol. The Balaban J connectivity index is 2.19. The smallest absolute Gasteiger partial charge is 0.460 e. The molecule has 32 heavy (non-hydrogen) atoms. The lowest BCUT2D eigenvalue weighted by Gasteiger charge is -2.22. The second-order valence-corrected chi connectivity index (χ2v) is 12.5. The van der Waals surface area contributed by atoms with Crippen molar-refractivity contribution in [3.63, 3.8) is 0 Å². The SMILES string of the molecule is CCCCCCCCCCCCSC(=S)SC(C)(C)C(=O)OCc1cccc(B(O)O)c1. The fraction of sp³-hybridized carbons (Fsp3) is 0.667. The molecule has 0 atom stereocenters. The fourth-order valence-corrected chi connectivity index (χ4v) is 6.25. The number of rotatable bonds is 16. The Morgan fingerprint density at radius 2 is 1.62 bits per heavy atom. The number of carbonyl (C=O) groups is 1. The minimum absolute atomic E-state index is 0.0852. The molecule has 0 fully saturated rings. The van der Waals surface area contributed by atoms with E-state index < -0.39 is 11.9 Å². The molecule has 0 bridgehead atoms. The van der Waals surface area contributed by atoms with Crippen LogP contribution in [0.25, 0.3) is 0 Å². The number of thiocarbonyl (C=S) groups is 1. The normalized spacial score (nSPS) is 11.4. The van der Waals surface area contributed by atoms with Gasteiger partial charge < -0.3 is 14.8 Å². The van der Waals surface area contributed by atoms with Gasteiger partial charge in [0.15, 0.2) is 0 Å². The molecular formula is C24H39BO4S3. The van der Waals surface area contributed by atoms with Crippen molar-refractivity contribution in [2.75, 3.05) is 5.75 Å². The Morgan fingerprint density at radius 3 is 2.22 bits per heavy atom. The molecule has 8 heteroatoms. The van der Waals surface area contributed by atoms with Crippen LogP contribution in [0.15, 0.2) is 24.3 Å². The van der Waals surface area contributed by atoms with Crippen molar-refractivity contribution in [2.24, 2.45) is 0 Å². The number of unbranched alkanes of at least 4 members (excludes halogenated alkanes) is 9. The molecule has 0 heterocycles. The lowest BCUT2D eigenvalue weighted by atomic mass is 9.80. The third-order valence-corrected chi connectivity index (χ3v) is 7.95. The van der Waals surface area contributed by atoms with Crippen molar-refractivity contribution in [1.82, 2.24) is 0 Å². The van der Waals surface area contributed by atoms with E-state index in [1.54, 1.807) is 36.0 Å². The Bertz CT molecular complexity index is 683. The first-order valence-corrected chi connectivity index (χ1v) is 13.9. The number of thioether (sulfide) groups is 2. The summed E-state index contributed by atoms with van der Waals surface area (Å²) < 4.78 is 5.45. The molecule has 0 radical (unpaired) electrons. The summed E-state index contributed by atoms with van der Waals surface area (Å²) in [6.07, 6.45) is 13.2. The van der Waals surface area contributed by atoms with Crippen LogP contribution in [0.4, 0.5) is 0 Å². The molecule has 1 aromatic carbocycles. The molecule has 0 aliphatic heterocycles. The van der Waals surface area contributed by atoms with E-state index in [9.17, 15) is 14.8 Å². The second kappa shape index (κ2) is 17.0. The van der Waals surface area contributed by atoms with E-state index in [0.29, 0.717) is 11.0 Å². The van der Waals surface area contributed by atoms with Crippen LogP contribution in [0.2, 0.25) is 0 Å². The highest BCUT2D eigenvalue weighted by atomic mass is 32.2. The van der Waals surface area contributed by atoms with Crippen LogP contribution in [0.3, 0.4) is 0 Å². The van der Waals surface area contributed by atoms with Gasteiger partial charge in [-0.2, -0.15) is 0 Å². The molecule has 0 saturated carbocycles. The highest BCUT2D eigenvalue weighted by Gasteiger charge is 2.32. The molecule has 0 spiro atoms. The first-order valence-electron chi connectivity index (χ1n) is 11.7. The highest BCUT2D eigenvalue weighted by Crippen LogP contribution is 2.32. The maximum Gasteiger partial charge on any atom is 0.488 e. The first kappa shape index (κ1) is 29.5. The van der Waals surface area contributed by atoms with Crippen LogP contribution in [-0.4, -0.2) is 37.2 Å². The van der Waals surface area contributed by atoms with Gasteiger partial charge in [-0.15, -0.1) is 11.8 Å². The molecule has 0 aliphatic rings. The number of ether oxygens (including phenoxy) is 1. The predicted octanol–water partition coefficient (Wildman–Crippen LogP) is 5.86. The fourth-order valence-electron chi connectivity index (χ4n) is 3.19. The van der Waals surface area contributed by atoms with E-state index in [2.05, 4.69) is 6.92 Å². The van der Waals surface area contributed by atoms with Crippen LogP contribution in [0.1, 0.15) is 90.5 Å². The summed E-state index contributed by atoms with van der Waals surface area (Å²) in [7, 11) is -1.54. The molecule has 0 aromatic heterocycles. The summed E-state index contributed by atoms with van der Waals surface area (Å²) in [4.78, 5) is 12.5. The Labute approximate surface area is 208 Å². The van der Waals surface area contributed by atoms with Gasteiger partial charge in [-0.05, 0) is 37.0 Å². The second-order valence-electron chi connectivity index (χ2n) is 8.59. The van der Waals surface area contributed by atoms with E-state index in [1.165, 1.54) is 69.5 Å². The van der Waals surface area contributed by atoms with Gasteiger partial charge >= 0.3 is 13.1 Å². The Morgan fingerprint density at radius 1 is 1.03 bits per heavy atom. The third kappa shape index (κ3) is 13.2. The van der Waals surface area contributed by atoms with Gasteiger partial charge in [0.25, 0.3) is 0 Å². The molecule has 2 N–H and O–H groups in total. The van der Waals surface area contributed by atoms with Crippen LogP contribution in [-0.2, 0) is 16.1 Å². The number of hydrogen-bond donors (Lipinski definition) is 2. The van der Waals surface area contributed by atoms with E-state index in [0.717, 1.165) is 15.7 Å². The number of carbonyl (C=O) groups excluding carboxylic acids is 1. The molecule has 1 rings (SSSR count). The highest BCUT2D eigenvalue weighted by molar-refractivity contribution is 8.47. The van der Waals surface area contributed by atoms with Gasteiger partial charge in [0.05, 0.1) is 0 Å². The van der Waals surface area contributed by atoms with E-state index in [4.69, 9.17) is 17.0 Å². The Hall–Kier alpha value is -0.535. The minimum atomic E-state index is -1.54. The van der Waals surface area contributed by atoms with E-state index in [1.807, 2.05) is 13.8 Å². The van der Waals surface area contributed by atoms with Crippen molar-refractivity contribution in [3.05, 3.63) is 29.8 Å². The van der Waals surface area contributed by atoms with Gasteiger partial charge in [0.1, 0.15) is 14.9 Å². The van der Waals surface area contributed by atoms with Gasteiger partial charge in [-0.1, -0.05) is 113 Å². The van der Waals surface area contributed by atoms with Gasteiger partial charge in [-0.25, -0.2) is 0 Å². The number of esters is 1. The summed E-state index contributed by atoms with van der Waals surface area (Å²) >= 11 is 8.50. The molecule has 0 amide bonds. The Kier molecular flexibility index (Phi) is 15.7. The predicted molar refractivity (Wildman–Crippen MR) is 145 cm³/mol. The third-order valence-electron chi connectivity index (χ3n) is 5.17. The molecule has 0 aliphatic carbocycles. The molecule has 0 unspecified atom stereocenters. The van der Waals surface area contributed by atoms with Gasteiger partial charge in [0.2, 0.25) is 0 Å². The maximum atomic E-state index is 12.5. The molecule has 4 nitrogen and oxygen atoms in total. The van der Waals surface area contributed by atoms with Crippen molar-refractivity contribution in [1.29, 1.82) is 0 Å². The summed E-state index contributed by atoms with van der Waals surface area (Å²) in [6.45, 7) is 5.98. The summed E-state index contributed by atoms with van der Waals surface area (Å²) in [5.74, 6) is 0.656. The van der Waals surface area contributed by atoms with Gasteiger partial charge in [-0.3, -0.25) is 4.79 Å². The van der Waals surface area contributed by atoms with Crippen LogP contribution in [0.5, 0.6) is 0 Å². The first-order chi connectivity index (χ1) is 15.3. The summed E-state index contributed by atoms with van der Waals surface area (Å²) in [5.41, 5.74) is 1.08. The molecule has 0 saturated heterocycles. The largest absolute Gasteiger partial charge is 0.488 e. The maximum absolute atomic E-state index is 12.5.